The van der Waals surface area contributed by atoms with Gasteiger partial charge in [0.2, 0.25) is 0 Å². The van der Waals surface area contributed by atoms with E-state index in [2.05, 4.69) is 5.73 Å². The highest BCUT2D eigenvalue weighted by Gasteiger charge is 1.85. The number of rotatable bonds is 2. The van der Waals surface area contributed by atoms with Crippen molar-refractivity contribution in [2.45, 2.75) is 0 Å². The largest absolute Gasteiger partial charge is 0.497 e. The van der Waals surface area contributed by atoms with E-state index in [0.717, 1.165) is 11.4 Å². The molecule has 0 aliphatic rings. The van der Waals surface area contributed by atoms with Crippen molar-refractivity contribution in [2.24, 2.45) is 0 Å². The first-order chi connectivity index (χ1) is 4.86. The maximum atomic E-state index is 6.78. The first kappa shape index (κ1) is 4.68. The Labute approximate surface area is 55.7 Å². The Morgan fingerprint density at radius 1 is 1.44 bits per heavy atom. The van der Waals surface area contributed by atoms with Gasteiger partial charge >= 0.3 is 0 Å². The monoisotopic (exact) mass is 124 g/mol. The number of ether oxygens (including phenoxy) is 1. The Balaban J connectivity index is 2.80. The van der Waals surface area contributed by atoms with Gasteiger partial charge < -0.3 is 10.5 Å². The molecule has 2 N–H and O–H groups in total. The third kappa shape index (κ3) is 1.35. The van der Waals surface area contributed by atoms with Crippen molar-refractivity contribution in [1.29, 1.82) is 0 Å². The summed E-state index contributed by atoms with van der Waals surface area (Å²) in [7, 11) is 1.61. The Morgan fingerprint density at radius 3 is 2.56 bits per heavy atom. The standard InChI is InChI=1S/C7H9NO/c1-9-7-4-2-6(8)3-5-7/h2-5H,8H2,1H3/i/hD. The van der Waals surface area contributed by atoms with Crippen molar-refractivity contribution >= 4 is 5.69 Å². The molecular formula is C7H9NO. The third-order valence-electron chi connectivity index (χ3n) is 1.09. The summed E-state index contributed by atoms with van der Waals surface area (Å²) in [4.78, 5) is 0. The van der Waals surface area contributed by atoms with Crippen molar-refractivity contribution in [3.8, 4) is 5.75 Å². The smallest absolute Gasteiger partial charge is 0.156 e. The number of methoxy groups -OCH3 is 1. The van der Waals surface area contributed by atoms with Crippen LogP contribution < -0.4 is 10.5 Å². The predicted molar refractivity (Wildman–Crippen MR) is 37.4 cm³/mol. The summed E-state index contributed by atoms with van der Waals surface area (Å²) in [5.74, 6) is 0.805. The molecule has 9 heavy (non-hydrogen) atoms. The highest BCUT2D eigenvalue weighted by Crippen LogP contribution is 2.11. The van der Waals surface area contributed by atoms with Crippen LogP contribution in [0.3, 0.4) is 0 Å². The van der Waals surface area contributed by atoms with Crippen LogP contribution in [0.25, 0.3) is 0 Å². The first-order valence-electron chi connectivity index (χ1n) is 3.18. The van der Waals surface area contributed by atoms with Gasteiger partial charge in [0.25, 0.3) is 0 Å². The topological polar surface area (TPSA) is 35.2 Å². The SMILES string of the molecule is [2H]Nc1ccc(OC)cc1. The molecule has 1 aromatic carbocycles. The number of hydrogen-bond acceptors (Lipinski definition) is 2. The summed E-state index contributed by atoms with van der Waals surface area (Å²) in [6.45, 7) is 0. The molecule has 0 aliphatic carbocycles. The summed E-state index contributed by atoms with van der Waals surface area (Å²) in [5.41, 5.74) is 3.04. The molecule has 2 heteroatoms. The van der Waals surface area contributed by atoms with Gasteiger partial charge in [-0.3, -0.25) is 0 Å². The molecule has 48 valence electrons. The average Bonchev–Trinajstić information content (AvgIpc) is 2.05. The molecule has 1 aromatic rings. The molecule has 0 saturated heterocycles. The van der Waals surface area contributed by atoms with Crippen molar-refractivity contribution in [1.82, 2.24) is 0 Å². The molecule has 0 radical (unpaired) electrons. The van der Waals surface area contributed by atoms with Crippen LogP contribution in [-0.4, -0.2) is 7.11 Å². The normalized spacial score (nSPS) is 10.1. The number of nitrogens with two attached hydrogens (primary N) is 1. The van der Waals surface area contributed by atoms with E-state index in [1.807, 2.05) is 0 Å². The zero-order chi connectivity index (χ0) is 7.40. The first-order valence-corrected chi connectivity index (χ1v) is 2.68. The lowest BCUT2D eigenvalue weighted by Gasteiger charge is -1.97. The second-order valence-corrected chi connectivity index (χ2v) is 1.73. The summed E-state index contributed by atoms with van der Waals surface area (Å²) in [5, 5.41) is 0. The molecule has 0 heterocycles. The molecule has 0 atom stereocenters. The fraction of sp³-hybridized carbons (Fsp3) is 0.143. The fourth-order valence-corrected chi connectivity index (χ4v) is 0.591. The van der Waals surface area contributed by atoms with Crippen LogP contribution in [0, 0.1) is 0 Å². The van der Waals surface area contributed by atoms with Crippen LogP contribution in [0.15, 0.2) is 24.3 Å². The molecule has 0 spiro atoms. The highest BCUT2D eigenvalue weighted by molar-refractivity contribution is 5.41. The average molecular weight is 124 g/mol. The Bertz CT molecular complexity index is 174. The zero-order valence-electron chi connectivity index (χ0n) is 6.22. The lowest BCUT2D eigenvalue weighted by Crippen LogP contribution is -1.84. The van der Waals surface area contributed by atoms with Gasteiger partial charge in [0, 0.05) is 5.69 Å². The molecule has 0 unspecified atom stereocenters. The van der Waals surface area contributed by atoms with Gasteiger partial charge in [-0.15, -0.1) is 0 Å². The lowest BCUT2D eigenvalue weighted by atomic mass is 10.3. The molecule has 0 aromatic heterocycles. The third-order valence-corrected chi connectivity index (χ3v) is 1.09. The van der Waals surface area contributed by atoms with E-state index in [-0.39, 0.29) is 0 Å². The molecule has 0 aliphatic heterocycles. The van der Waals surface area contributed by atoms with Crippen LogP contribution >= 0.6 is 0 Å². The minimum atomic E-state index is 0.765. The van der Waals surface area contributed by atoms with Crippen molar-refractivity contribution in [3.05, 3.63) is 24.3 Å². The lowest BCUT2D eigenvalue weighted by molar-refractivity contribution is 0.415. The van der Waals surface area contributed by atoms with Crippen LogP contribution in [0.4, 0.5) is 5.69 Å². The maximum absolute atomic E-state index is 6.78. The number of hydrogen-bond donors (Lipinski definition) is 1. The van der Waals surface area contributed by atoms with E-state index in [9.17, 15) is 0 Å². The minimum Gasteiger partial charge on any atom is -0.497 e. The number of benzene rings is 1. The molecule has 0 fully saturated rings. The fourth-order valence-electron chi connectivity index (χ4n) is 0.591. The van der Waals surface area contributed by atoms with E-state index in [4.69, 9.17) is 6.15 Å². The predicted octanol–water partition coefficient (Wildman–Crippen LogP) is 1.28. The van der Waals surface area contributed by atoms with Crippen LogP contribution in [-0.2, 0) is 0 Å². The molecule has 0 bridgehead atoms. The van der Waals surface area contributed by atoms with E-state index >= 15 is 0 Å². The maximum Gasteiger partial charge on any atom is 0.156 e. The van der Waals surface area contributed by atoms with E-state index in [1.165, 1.54) is 0 Å². The van der Waals surface area contributed by atoms with Gasteiger partial charge in [0.15, 0.2) is 1.41 Å². The second kappa shape index (κ2) is 2.40. The Hall–Kier alpha value is -1.18. The molecule has 0 amide bonds. The summed E-state index contributed by atoms with van der Waals surface area (Å²) in [6.07, 6.45) is 0. The van der Waals surface area contributed by atoms with Gasteiger partial charge in [-0.25, -0.2) is 0 Å². The van der Waals surface area contributed by atoms with E-state index < -0.39 is 0 Å². The minimum absolute atomic E-state index is 0.765. The van der Waals surface area contributed by atoms with Gasteiger partial charge in [0.05, 0.1) is 7.11 Å². The highest BCUT2D eigenvalue weighted by atomic mass is 16.5. The van der Waals surface area contributed by atoms with Crippen LogP contribution in [0.1, 0.15) is 0 Å². The number of anilines is 1. The van der Waals surface area contributed by atoms with E-state index in [1.54, 1.807) is 31.4 Å². The molecule has 0 saturated carbocycles. The second-order valence-electron chi connectivity index (χ2n) is 1.73. The van der Waals surface area contributed by atoms with Gasteiger partial charge in [-0.2, -0.15) is 0 Å². The summed E-state index contributed by atoms with van der Waals surface area (Å²) in [6, 6.07) is 7.17. The van der Waals surface area contributed by atoms with Gasteiger partial charge in [-0.1, -0.05) is 0 Å². The van der Waals surface area contributed by atoms with E-state index in [0.29, 0.717) is 0 Å². The van der Waals surface area contributed by atoms with Crippen LogP contribution in [0.5, 0.6) is 5.75 Å². The molecule has 2 nitrogen and oxygen atoms in total. The number of nitrogen functional groups attached to an aromatic ring is 1. The quantitative estimate of drug-likeness (QED) is 0.603. The van der Waals surface area contributed by atoms with Crippen molar-refractivity contribution in [2.75, 3.05) is 12.8 Å². The Kier molecular flexibility index (Phi) is 1.24. The zero-order valence-corrected chi connectivity index (χ0v) is 5.22. The van der Waals surface area contributed by atoms with Crippen molar-refractivity contribution < 1.29 is 6.15 Å². The van der Waals surface area contributed by atoms with Crippen molar-refractivity contribution in [3.63, 3.8) is 0 Å². The summed E-state index contributed by atoms with van der Waals surface area (Å²) >= 11 is 0. The molecule has 1 rings (SSSR count). The summed E-state index contributed by atoms with van der Waals surface area (Å²) < 4.78 is 11.7. The molecular weight excluding hydrogens is 114 g/mol. The van der Waals surface area contributed by atoms with Crippen LogP contribution in [0.2, 0.25) is 1.41 Å². The van der Waals surface area contributed by atoms with Gasteiger partial charge in [0.1, 0.15) is 5.75 Å². The Morgan fingerprint density at radius 2 is 2.11 bits per heavy atom. The van der Waals surface area contributed by atoms with Gasteiger partial charge in [-0.05, 0) is 24.3 Å².